The molecule has 1 aliphatic carbocycles. The van der Waals surface area contributed by atoms with E-state index in [0.29, 0.717) is 5.92 Å². The van der Waals surface area contributed by atoms with Gasteiger partial charge in [0.15, 0.2) is 0 Å². The highest BCUT2D eigenvalue weighted by molar-refractivity contribution is 7.13. The molecule has 18 heavy (non-hydrogen) atoms. The molecule has 3 nitrogen and oxygen atoms in total. The molecular formula is C14H18N2OS. The molecule has 1 aliphatic rings. The van der Waals surface area contributed by atoms with E-state index in [4.69, 9.17) is 4.98 Å². The topological polar surface area (TPSA) is 48.9 Å². The molecule has 1 fully saturated rings. The van der Waals surface area contributed by atoms with E-state index in [1.807, 2.05) is 0 Å². The summed E-state index contributed by atoms with van der Waals surface area (Å²) in [5.74, 6) is 1.59. The molecule has 2 heterocycles. The molecule has 4 heteroatoms. The summed E-state index contributed by atoms with van der Waals surface area (Å²) >= 11 is 1.73. The molecule has 2 aromatic rings. The molecule has 0 unspecified atom stereocenters. The van der Waals surface area contributed by atoms with E-state index in [2.05, 4.69) is 29.4 Å². The maximum Gasteiger partial charge on any atom is 0.110 e. The maximum atomic E-state index is 9.55. The molecule has 0 atom stereocenters. The van der Waals surface area contributed by atoms with Gasteiger partial charge in [-0.05, 0) is 44.1 Å². The minimum atomic E-state index is -0.103. The van der Waals surface area contributed by atoms with Crippen LogP contribution in [0.5, 0.6) is 0 Å². The first kappa shape index (κ1) is 11.9. The second-order valence-electron chi connectivity index (χ2n) is 5.08. The summed E-state index contributed by atoms with van der Waals surface area (Å²) in [6.07, 6.45) is 3.78. The predicted octanol–water partition coefficient (Wildman–Crippen LogP) is 3.47. The van der Waals surface area contributed by atoms with Crippen molar-refractivity contribution in [2.24, 2.45) is 0 Å². The fourth-order valence-electron chi connectivity index (χ4n) is 2.68. The molecule has 2 aromatic heterocycles. The number of imidazole rings is 1. The molecule has 3 rings (SSSR count). The lowest BCUT2D eigenvalue weighted by molar-refractivity contribution is 0.121. The van der Waals surface area contributed by atoms with Crippen LogP contribution in [-0.2, 0) is 0 Å². The number of rotatable bonds is 2. The van der Waals surface area contributed by atoms with E-state index in [9.17, 15) is 5.11 Å². The Morgan fingerprint density at radius 3 is 2.78 bits per heavy atom. The number of nitrogens with one attached hydrogen (secondary N) is 1. The summed E-state index contributed by atoms with van der Waals surface area (Å²) in [5, 5.41) is 11.6. The molecular weight excluding hydrogens is 244 g/mol. The lowest BCUT2D eigenvalue weighted by Gasteiger charge is -2.23. The van der Waals surface area contributed by atoms with Crippen LogP contribution in [0.3, 0.4) is 0 Å². The molecule has 96 valence electrons. The van der Waals surface area contributed by atoms with Crippen molar-refractivity contribution in [2.75, 3.05) is 0 Å². The van der Waals surface area contributed by atoms with Gasteiger partial charge in [-0.25, -0.2) is 4.98 Å². The third-order valence-corrected chi connectivity index (χ3v) is 4.62. The molecule has 0 radical (unpaired) electrons. The van der Waals surface area contributed by atoms with Crippen molar-refractivity contribution in [1.82, 2.24) is 9.97 Å². The van der Waals surface area contributed by atoms with E-state index in [1.54, 1.807) is 11.3 Å². The SMILES string of the molecule is Cc1[nH]c(C2CCC(O)CC2)nc1-c1cccs1. The first-order valence-corrected chi connectivity index (χ1v) is 7.40. The second-order valence-corrected chi connectivity index (χ2v) is 6.03. The Kier molecular flexibility index (Phi) is 3.22. The number of aromatic amines is 1. The highest BCUT2D eigenvalue weighted by Crippen LogP contribution is 2.34. The van der Waals surface area contributed by atoms with Gasteiger partial charge in [0.2, 0.25) is 0 Å². The Balaban J connectivity index is 1.84. The minimum absolute atomic E-state index is 0.103. The second kappa shape index (κ2) is 4.86. The summed E-state index contributed by atoms with van der Waals surface area (Å²) in [5.41, 5.74) is 2.24. The normalized spacial score (nSPS) is 24.3. The van der Waals surface area contributed by atoms with E-state index in [0.717, 1.165) is 42.9 Å². The number of thiophene rings is 1. The van der Waals surface area contributed by atoms with Crippen LogP contribution < -0.4 is 0 Å². The lowest BCUT2D eigenvalue weighted by Crippen LogP contribution is -2.17. The van der Waals surface area contributed by atoms with Crippen molar-refractivity contribution in [1.29, 1.82) is 0 Å². The number of hydrogen-bond acceptors (Lipinski definition) is 3. The Morgan fingerprint density at radius 1 is 1.33 bits per heavy atom. The number of nitrogens with zero attached hydrogens (tertiary/aromatic N) is 1. The molecule has 0 saturated heterocycles. The molecule has 0 amide bonds. The monoisotopic (exact) mass is 262 g/mol. The van der Waals surface area contributed by atoms with Crippen molar-refractivity contribution in [2.45, 2.75) is 44.6 Å². The minimum Gasteiger partial charge on any atom is -0.393 e. The van der Waals surface area contributed by atoms with Crippen LogP contribution in [0.15, 0.2) is 17.5 Å². The fraction of sp³-hybridized carbons (Fsp3) is 0.500. The van der Waals surface area contributed by atoms with Crippen LogP contribution in [0, 0.1) is 6.92 Å². The maximum absolute atomic E-state index is 9.55. The molecule has 2 N–H and O–H groups in total. The Labute approximate surface area is 111 Å². The van der Waals surface area contributed by atoms with Gasteiger partial charge >= 0.3 is 0 Å². The summed E-state index contributed by atoms with van der Waals surface area (Å²) in [6, 6.07) is 4.17. The third kappa shape index (κ3) is 2.22. The van der Waals surface area contributed by atoms with E-state index in [1.165, 1.54) is 4.88 Å². The Hall–Kier alpha value is -1.13. The molecule has 0 aromatic carbocycles. The summed E-state index contributed by atoms with van der Waals surface area (Å²) in [7, 11) is 0. The number of H-pyrrole nitrogens is 1. The first-order valence-electron chi connectivity index (χ1n) is 6.52. The van der Waals surface area contributed by atoms with Gasteiger partial charge in [-0.15, -0.1) is 11.3 Å². The summed E-state index contributed by atoms with van der Waals surface area (Å²) in [4.78, 5) is 9.43. The quantitative estimate of drug-likeness (QED) is 0.870. The number of aliphatic hydroxyl groups is 1. The number of aromatic nitrogens is 2. The van der Waals surface area contributed by atoms with Crippen molar-refractivity contribution in [3.05, 3.63) is 29.0 Å². The van der Waals surface area contributed by atoms with Crippen LogP contribution in [0.1, 0.15) is 43.1 Å². The van der Waals surface area contributed by atoms with Gasteiger partial charge < -0.3 is 10.1 Å². The van der Waals surface area contributed by atoms with Crippen molar-refractivity contribution < 1.29 is 5.11 Å². The zero-order chi connectivity index (χ0) is 12.5. The van der Waals surface area contributed by atoms with Gasteiger partial charge in [-0.3, -0.25) is 0 Å². The largest absolute Gasteiger partial charge is 0.393 e. The van der Waals surface area contributed by atoms with Crippen LogP contribution in [0.4, 0.5) is 0 Å². The van der Waals surface area contributed by atoms with Gasteiger partial charge in [0.1, 0.15) is 11.5 Å². The van der Waals surface area contributed by atoms with E-state index >= 15 is 0 Å². The van der Waals surface area contributed by atoms with Gasteiger partial charge in [-0.1, -0.05) is 6.07 Å². The molecule has 1 saturated carbocycles. The smallest absolute Gasteiger partial charge is 0.110 e. The molecule has 0 aliphatic heterocycles. The van der Waals surface area contributed by atoms with Crippen LogP contribution in [-0.4, -0.2) is 21.2 Å². The number of hydrogen-bond donors (Lipinski definition) is 2. The highest BCUT2D eigenvalue weighted by atomic mass is 32.1. The average molecular weight is 262 g/mol. The third-order valence-electron chi connectivity index (χ3n) is 3.74. The van der Waals surface area contributed by atoms with E-state index in [-0.39, 0.29) is 6.10 Å². The van der Waals surface area contributed by atoms with Gasteiger partial charge in [0, 0.05) is 11.6 Å². The van der Waals surface area contributed by atoms with Gasteiger partial charge in [0.25, 0.3) is 0 Å². The zero-order valence-electron chi connectivity index (χ0n) is 10.5. The predicted molar refractivity (Wildman–Crippen MR) is 73.9 cm³/mol. The van der Waals surface area contributed by atoms with Crippen LogP contribution in [0.2, 0.25) is 0 Å². The number of aliphatic hydroxyl groups excluding tert-OH is 1. The molecule has 0 spiro atoms. The molecule has 0 bridgehead atoms. The van der Waals surface area contributed by atoms with Crippen molar-refractivity contribution >= 4 is 11.3 Å². The highest BCUT2D eigenvalue weighted by Gasteiger charge is 2.24. The van der Waals surface area contributed by atoms with Crippen molar-refractivity contribution in [3.63, 3.8) is 0 Å². The van der Waals surface area contributed by atoms with Crippen molar-refractivity contribution in [3.8, 4) is 10.6 Å². The first-order chi connectivity index (χ1) is 8.74. The lowest BCUT2D eigenvalue weighted by atomic mass is 9.87. The number of aryl methyl sites for hydroxylation is 1. The van der Waals surface area contributed by atoms with Gasteiger partial charge in [0.05, 0.1) is 11.0 Å². The van der Waals surface area contributed by atoms with Gasteiger partial charge in [-0.2, -0.15) is 0 Å². The Morgan fingerprint density at radius 2 is 2.11 bits per heavy atom. The standard InChI is InChI=1S/C14H18N2OS/c1-9-13(12-3-2-8-18-12)16-14(15-9)10-4-6-11(17)7-5-10/h2-3,8,10-11,17H,4-7H2,1H3,(H,15,16). The zero-order valence-corrected chi connectivity index (χ0v) is 11.3. The van der Waals surface area contributed by atoms with Crippen LogP contribution in [0.25, 0.3) is 10.6 Å². The summed E-state index contributed by atoms with van der Waals surface area (Å²) < 4.78 is 0. The Bertz CT molecular complexity index is 510. The average Bonchev–Trinajstić information content (AvgIpc) is 2.99. The summed E-state index contributed by atoms with van der Waals surface area (Å²) in [6.45, 7) is 2.09. The fourth-order valence-corrected chi connectivity index (χ4v) is 3.45. The van der Waals surface area contributed by atoms with E-state index < -0.39 is 0 Å². The van der Waals surface area contributed by atoms with Crippen LogP contribution >= 0.6 is 11.3 Å².